The van der Waals surface area contributed by atoms with Crippen LogP contribution in [0.2, 0.25) is 0 Å². The van der Waals surface area contributed by atoms with Gasteiger partial charge in [0.2, 0.25) is 0 Å². The zero-order valence-corrected chi connectivity index (χ0v) is 12.5. The van der Waals surface area contributed by atoms with E-state index in [-0.39, 0.29) is 19.4 Å². The molecule has 0 radical (unpaired) electrons. The van der Waals surface area contributed by atoms with Crippen LogP contribution in [-0.2, 0) is 14.3 Å². The summed E-state index contributed by atoms with van der Waals surface area (Å²) in [6.45, 7) is 3.88. The Balaban J connectivity index is 2.57. The van der Waals surface area contributed by atoms with Crippen molar-refractivity contribution in [2.24, 2.45) is 5.41 Å². The Morgan fingerprint density at radius 2 is 1.86 bits per heavy atom. The second kappa shape index (κ2) is 8.29. The molecule has 1 aromatic rings. The normalized spacial score (nSPS) is 13.2. The van der Waals surface area contributed by atoms with Crippen LogP contribution in [-0.4, -0.2) is 30.3 Å². The lowest BCUT2D eigenvalue weighted by atomic mass is 9.80. The standard InChI is InChI=1S/C16H22O5/c1-3-16(14(17)18,15(19)20-4-2)11-8-12-21-13-9-6-5-7-10-13/h5-7,9-10H,3-4,8,11-12H2,1-2H3,(H,17,18). The topological polar surface area (TPSA) is 72.8 Å². The molecule has 1 rings (SSSR count). The minimum absolute atomic E-state index is 0.175. The highest BCUT2D eigenvalue weighted by Gasteiger charge is 2.45. The summed E-state index contributed by atoms with van der Waals surface area (Å²) in [5.41, 5.74) is -1.48. The Hall–Kier alpha value is -2.04. The second-order valence-electron chi connectivity index (χ2n) is 4.73. The van der Waals surface area contributed by atoms with E-state index in [9.17, 15) is 14.7 Å². The number of rotatable bonds is 9. The van der Waals surface area contributed by atoms with Gasteiger partial charge in [-0.15, -0.1) is 0 Å². The maximum absolute atomic E-state index is 12.0. The molecule has 0 amide bonds. The van der Waals surface area contributed by atoms with Crippen LogP contribution in [0.25, 0.3) is 0 Å². The Kier molecular flexibility index (Phi) is 6.72. The SMILES string of the molecule is CCOC(=O)C(CC)(CCCOc1ccccc1)C(=O)O. The minimum atomic E-state index is -1.48. The molecular weight excluding hydrogens is 272 g/mol. The van der Waals surface area contributed by atoms with Gasteiger partial charge < -0.3 is 14.6 Å². The first-order chi connectivity index (χ1) is 10.1. The van der Waals surface area contributed by atoms with E-state index >= 15 is 0 Å². The van der Waals surface area contributed by atoms with Crippen molar-refractivity contribution in [3.05, 3.63) is 30.3 Å². The van der Waals surface area contributed by atoms with Crippen molar-refractivity contribution in [3.8, 4) is 5.75 Å². The highest BCUT2D eigenvalue weighted by Crippen LogP contribution is 2.30. The van der Waals surface area contributed by atoms with Crippen molar-refractivity contribution in [1.82, 2.24) is 0 Å². The summed E-state index contributed by atoms with van der Waals surface area (Å²) in [6, 6.07) is 9.27. The molecule has 0 saturated carbocycles. The van der Waals surface area contributed by atoms with Gasteiger partial charge in [-0.05, 0) is 38.3 Å². The van der Waals surface area contributed by atoms with E-state index < -0.39 is 17.4 Å². The molecule has 0 spiro atoms. The molecule has 0 heterocycles. The third-order valence-corrected chi connectivity index (χ3v) is 3.44. The average molecular weight is 294 g/mol. The number of para-hydroxylation sites is 1. The van der Waals surface area contributed by atoms with Crippen molar-refractivity contribution in [2.75, 3.05) is 13.2 Å². The fourth-order valence-electron chi connectivity index (χ4n) is 2.12. The van der Waals surface area contributed by atoms with Crippen LogP contribution in [0.3, 0.4) is 0 Å². The van der Waals surface area contributed by atoms with Gasteiger partial charge in [-0.3, -0.25) is 9.59 Å². The Morgan fingerprint density at radius 1 is 1.19 bits per heavy atom. The maximum atomic E-state index is 12.0. The van der Waals surface area contributed by atoms with Crippen LogP contribution in [0.15, 0.2) is 30.3 Å². The molecule has 0 saturated heterocycles. The zero-order chi connectivity index (χ0) is 15.7. The van der Waals surface area contributed by atoms with Crippen molar-refractivity contribution < 1.29 is 24.2 Å². The van der Waals surface area contributed by atoms with Crippen molar-refractivity contribution in [3.63, 3.8) is 0 Å². The number of hydrogen-bond donors (Lipinski definition) is 1. The minimum Gasteiger partial charge on any atom is -0.494 e. The van der Waals surface area contributed by atoms with E-state index in [2.05, 4.69) is 0 Å². The van der Waals surface area contributed by atoms with Gasteiger partial charge in [-0.1, -0.05) is 25.1 Å². The summed E-state index contributed by atoms with van der Waals surface area (Å²) < 4.78 is 10.4. The molecule has 21 heavy (non-hydrogen) atoms. The maximum Gasteiger partial charge on any atom is 0.323 e. The van der Waals surface area contributed by atoms with Crippen LogP contribution < -0.4 is 4.74 Å². The summed E-state index contributed by atoms with van der Waals surface area (Å²) in [7, 11) is 0. The summed E-state index contributed by atoms with van der Waals surface area (Å²) in [4.78, 5) is 23.4. The van der Waals surface area contributed by atoms with Gasteiger partial charge in [-0.2, -0.15) is 0 Å². The van der Waals surface area contributed by atoms with Crippen LogP contribution in [0, 0.1) is 5.41 Å². The lowest BCUT2D eigenvalue weighted by molar-refractivity contribution is -0.169. The largest absolute Gasteiger partial charge is 0.494 e. The summed E-state index contributed by atoms with van der Waals surface area (Å²) >= 11 is 0. The molecule has 5 nitrogen and oxygen atoms in total. The number of ether oxygens (including phenoxy) is 2. The quantitative estimate of drug-likeness (QED) is 0.431. The number of carbonyl (C=O) groups excluding carboxylic acids is 1. The third-order valence-electron chi connectivity index (χ3n) is 3.44. The highest BCUT2D eigenvalue weighted by molar-refractivity contribution is 5.99. The molecule has 1 unspecified atom stereocenters. The molecule has 0 aliphatic heterocycles. The fourth-order valence-corrected chi connectivity index (χ4v) is 2.12. The van der Waals surface area contributed by atoms with E-state index in [0.29, 0.717) is 13.0 Å². The summed E-state index contributed by atoms with van der Waals surface area (Å²) in [6.07, 6.45) is 0.866. The van der Waals surface area contributed by atoms with Crippen LogP contribution in [0.4, 0.5) is 0 Å². The number of esters is 1. The van der Waals surface area contributed by atoms with Crippen LogP contribution in [0.5, 0.6) is 5.75 Å². The van der Waals surface area contributed by atoms with E-state index in [1.54, 1.807) is 13.8 Å². The van der Waals surface area contributed by atoms with Crippen molar-refractivity contribution in [2.45, 2.75) is 33.1 Å². The van der Waals surface area contributed by atoms with E-state index in [1.807, 2.05) is 30.3 Å². The summed E-state index contributed by atoms with van der Waals surface area (Å²) in [5.74, 6) is -1.08. The molecule has 116 valence electrons. The van der Waals surface area contributed by atoms with Crippen LogP contribution in [0.1, 0.15) is 33.1 Å². The number of carboxylic acid groups (broad SMARTS) is 1. The molecule has 5 heteroatoms. The molecule has 0 fully saturated rings. The smallest absolute Gasteiger partial charge is 0.323 e. The first-order valence-corrected chi connectivity index (χ1v) is 7.15. The van der Waals surface area contributed by atoms with Gasteiger partial charge in [-0.25, -0.2) is 0 Å². The highest BCUT2D eigenvalue weighted by atomic mass is 16.5. The van der Waals surface area contributed by atoms with Gasteiger partial charge >= 0.3 is 11.9 Å². The molecule has 1 aromatic carbocycles. The van der Waals surface area contributed by atoms with E-state index in [0.717, 1.165) is 5.75 Å². The van der Waals surface area contributed by atoms with E-state index in [1.165, 1.54) is 0 Å². The Morgan fingerprint density at radius 3 is 2.38 bits per heavy atom. The monoisotopic (exact) mass is 294 g/mol. The van der Waals surface area contributed by atoms with Gasteiger partial charge in [0, 0.05) is 0 Å². The van der Waals surface area contributed by atoms with Gasteiger partial charge in [0.15, 0.2) is 5.41 Å². The second-order valence-corrected chi connectivity index (χ2v) is 4.73. The molecular formula is C16H22O5. The Bertz CT molecular complexity index is 457. The summed E-state index contributed by atoms with van der Waals surface area (Å²) in [5, 5.41) is 9.40. The van der Waals surface area contributed by atoms with Gasteiger partial charge in [0.25, 0.3) is 0 Å². The number of carbonyl (C=O) groups is 2. The fraction of sp³-hybridized carbons (Fsp3) is 0.500. The number of benzene rings is 1. The number of aliphatic carboxylic acids is 1. The molecule has 0 bridgehead atoms. The molecule has 0 aromatic heterocycles. The predicted octanol–water partition coefficient (Wildman–Crippen LogP) is 2.89. The average Bonchev–Trinajstić information content (AvgIpc) is 2.48. The Labute approximate surface area is 124 Å². The number of hydrogen-bond acceptors (Lipinski definition) is 4. The van der Waals surface area contributed by atoms with Gasteiger partial charge in [0.05, 0.1) is 13.2 Å². The van der Waals surface area contributed by atoms with Crippen LogP contribution >= 0.6 is 0 Å². The lowest BCUT2D eigenvalue weighted by Crippen LogP contribution is -2.40. The molecule has 1 atom stereocenters. The van der Waals surface area contributed by atoms with E-state index in [4.69, 9.17) is 9.47 Å². The molecule has 1 N–H and O–H groups in total. The third kappa shape index (κ3) is 4.48. The van der Waals surface area contributed by atoms with Gasteiger partial charge in [0.1, 0.15) is 5.75 Å². The molecule has 0 aliphatic carbocycles. The first kappa shape index (κ1) is 17.0. The zero-order valence-electron chi connectivity index (χ0n) is 12.5. The predicted molar refractivity (Wildman–Crippen MR) is 78.2 cm³/mol. The number of carboxylic acids is 1. The first-order valence-electron chi connectivity index (χ1n) is 7.15. The molecule has 0 aliphatic rings. The van der Waals surface area contributed by atoms with Crippen molar-refractivity contribution >= 4 is 11.9 Å². The van der Waals surface area contributed by atoms with Crippen molar-refractivity contribution in [1.29, 1.82) is 0 Å². The lowest BCUT2D eigenvalue weighted by Gasteiger charge is -2.25.